The van der Waals surface area contributed by atoms with E-state index in [1.807, 2.05) is 38.1 Å². The Hall–Kier alpha value is -2.08. The molecule has 0 amide bonds. The van der Waals surface area contributed by atoms with Crippen molar-refractivity contribution in [2.24, 2.45) is 0 Å². The SMILES string of the molecule is Cc1ccc(CN2CCC(Nc3ccnc(N(C)C)n3)C2)o1. The summed E-state index contributed by atoms with van der Waals surface area (Å²) in [4.78, 5) is 13.1. The summed E-state index contributed by atoms with van der Waals surface area (Å²) in [7, 11) is 3.89. The van der Waals surface area contributed by atoms with Gasteiger partial charge in [0.2, 0.25) is 5.95 Å². The maximum atomic E-state index is 5.65. The zero-order chi connectivity index (χ0) is 15.5. The highest BCUT2D eigenvalue weighted by molar-refractivity contribution is 5.41. The fraction of sp³-hybridized carbons (Fsp3) is 0.500. The molecular weight excluding hydrogens is 278 g/mol. The maximum Gasteiger partial charge on any atom is 0.226 e. The van der Waals surface area contributed by atoms with Crippen LogP contribution in [-0.4, -0.2) is 48.1 Å². The van der Waals surface area contributed by atoms with Crippen molar-refractivity contribution in [3.63, 3.8) is 0 Å². The normalized spacial score (nSPS) is 18.6. The van der Waals surface area contributed by atoms with Crippen molar-refractivity contribution in [2.75, 3.05) is 37.4 Å². The number of hydrogen-bond donors (Lipinski definition) is 1. The van der Waals surface area contributed by atoms with Crippen molar-refractivity contribution in [3.05, 3.63) is 35.9 Å². The number of aromatic nitrogens is 2. The van der Waals surface area contributed by atoms with Crippen molar-refractivity contribution in [3.8, 4) is 0 Å². The molecule has 1 N–H and O–H groups in total. The van der Waals surface area contributed by atoms with Gasteiger partial charge >= 0.3 is 0 Å². The molecule has 1 aliphatic heterocycles. The molecule has 1 atom stereocenters. The minimum atomic E-state index is 0.418. The summed E-state index contributed by atoms with van der Waals surface area (Å²) in [6.45, 7) is 4.93. The summed E-state index contributed by atoms with van der Waals surface area (Å²) < 4.78 is 5.65. The van der Waals surface area contributed by atoms with Crippen molar-refractivity contribution in [2.45, 2.75) is 25.9 Å². The number of aryl methyl sites for hydroxylation is 1. The number of rotatable bonds is 5. The standard InChI is InChI=1S/C16H23N5O/c1-12-4-5-14(22-12)11-21-9-7-13(10-21)18-15-6-8-17-16(19-15)20(2)3/h4-6,8,13H,7,9-11H2,1-3H3,(H,17,18,19). The molecule has 1 fully saturated rings. The average Bonchev–Trinajstić information content (AvgIpc) is 3.09. The van der Waals surface area contributed by atoms with Crippen molar-refractivity contribution in [1.82, 2.24) is 14.9 Å². The lowest BCUT2D eigenvalue weighted by atomic mass is 10.2. The number of nitrogens with zero attached hydrogens (tertiary/aromatic N) is 4. The molecule has 3 heterocycles. The number of likely N-dealkylation sites (tertiary alicyclic amines) is 1. The van der Waals surface area contributed by atoms with Gasteiger partial charge in [0.15, 0.2) is 0 Å². The molecule has 118 valence electrons. The lowest BCUT2D eigenvalue weighted by Gasteiger charge is -2.17. The van der Waals surface area contributed by atoms with E-state index in [-0.39, 0.29) is 0 Å². The number of nitrogens with one attached hydrogen (secondary N) is 1. The van der Waals surface area contributed by atoms with Gasteiger partial charge in [0.1, 0.15) is 17.3 Å². The van der Waals surface area contributed by atoms with Crippen LogP contribution < -0.4 is 10.2 Å². The molecule has 1 unspecified atom stereocenters. The van der Waals surface area contributed by atoms with Crippen LogP contribution in [0.1, 0.15) is 17.9 Å². The molecule has 2 aromatic rings. The van der Waals surface area contributed by atoms with E-state index in [2.05, 4.69) is 26.3 Å². The first kappa shape index (κ1) is 14.8. The van der Waals surface area contributed by atoms with Gasteiger partial charge in [-0.05, 0) is 31.5 Å². The molecule has 22 heavy (non-hydrogen) atoms. The van der Waals surface area contributed by atoms with Crippen LogP contribution in [0.2, 0.25) is 0 Å². The Kier molecular flexibility index (Phi) is 4.29. The number of hydrogen-bond acceptors (Lipinski definition) is 6. The monoisotopic (exact) mass is 301 g/mol. The zero-order valence-electron chi connectivity index (χ0n) is 13.4. The second-order valence-electron chi connectivity index (χ2n) is 6.01. The van der Waals surface area contributed by atoms with Gasteiger partial charge < -0.3 is 14.6 Å². The topological polar surface area (TPSA) is 57.4 Å². The predicted molar refractivity (Wildman–Crippen MR) is 87.1 cm³/mol. The highest BCUT2D eigenvalue weighted by atomic mass is 16.3. The summed E-state index contributed by atoms with van der Waals surface area (Å²) in [5, 5.41) is 3.51. The minimum Gasteiger partial charge on any atom is -0.465 e. The summed E-state index contributed by atoms with van der Waals surface area (Å²) in [5.74, 6) is 3.63. The van der Waals surface area contributed by atoms with Crippen LogP contribution in [0.3, 0.4) is 0 Å². The maximum absolute atomic E-state index is 5.65. The Morgan fingerprint density at radius 1 is 1.36 bits per heavy atom. The summed E-state index contributed by atoms with van der Waals surface area (Å²) in [6, 6.07) is 6.42. The quantitative estimate of drug-likeness (QED) is 0.913. The van der Waals surface area contributed by atoms with Gasteiger partial charge in [-0.3, -0.25) is 4.90 Å². The van der Waals surface area contributed by atoms with E-state index in [1.165, 1.54) is 0 Å². The lowest BCUT2D eigenvalue weighted by molar-refractivity contribution is 0.292. The fourth-order valence-corrected chi connectivity index (χ4v) is 2.74. The molecule has 0 saturated carbocycles. The van der Waals surface area contributed by atoms with Gasteiger partial charge in [-0.1, -0.05) is 0 Å². The van der Waals surface area contributed by atoms with Gasteiger partial charge in [0.25, 0.3) is 0 Å². The van der Waals surface area contributed by atoms with Gasteiger partial charge in [-0.15, -0.1) is 0 Å². The van der Waals surface area contributed by atoms with Crippen LogP contribution in [-0.2, 0) is 6.54 Å². The Balaban J connectivity index is 1.55. The van der Waals surface area contributed by atoms with Crippen molar-refractivity contribution < 1.29 is 4.42 Å². The van der Waals surface area contributed by atoms with E-state index in [0.717, 1.165) is 49.3 Å². The first-order chi connectivity index (χ1) is 10.6. The summed E-state index contributed by atoms with van der Waals surface area (Å²) in [6.07, 6.45) is 2.91. The molecule has 0 aromatic carbocycles. The highest BCUT2D eigenvalue weighted by Gasteiger charge is 2.23. The smallest absolute Gasteiger partial charge is 0.226 e. The number of furan rings is 1. The second-order valence-corrected chi connectivity index (χ2v) is 6.01. The van der Waals surface area contributed by atoms with Crippen LogP contribution >= 0.6 is 0 Å². The molecule has 2 aromatic heterocycles. The molecule has 0 aliphatic carbocycles. The summed E-state index contributed by atoms with van der Waals surface area (Å²) in [5.41, 5.74) is 0. The third kappa shape index (κ3) is 3.57. The Labute approximate surface area is 131 Å². The number of anilines is 2. The van der Waals surface area contributed by atoms with Gasteiger partial charge in [-0.25, -0.2) is 4.98 Å². The Morgan fingerprint density at radius 2 is 2.23 bits per heavy atom. The first-order valence-electron chi connectivity index (χ1n) is 7.65. The summed E-state index contributed by atoms with van der Waals surface area (Å²) >= 11 is 0. The highest BCUT2D eigenvalue weighted by Crippen LogP contribution is 2.18. The predicted octanol–water partition coefficient (Wildman–Crippen LogP) is 2.13. The third-order valence-corrected chi connectivity index (χ3v) is 3.84. The molecule has 1 aliphatic rings. The van der Waals surface area contributed by atoms with E-state index >= 15 is 0 Å². The van der Waals surface area contributed by atoms with Crippen LogP contribution in [0.15, 0.2) is 28.8 Å². The van der Waals surface area contributed by atoms with Crippen LogP contribution in [0.4, 0.5) is 11.8 Å². The van der Waals surface area contributed by atoms with E-state index in [4.69, 9.17) is 4.42 Å². The van der Waals surface area contributed by atoms with E-state index in [0.29, 0.717) is 6.04 Å². The molecular formula is C16H23N5O. The third-order valence-electron chi connectivity index (χ3n) is 3.84. The molecule has 1 saturated heterocycles. The molecule has 0 radical (unpaired) electrons. The van der Waals surface area contributed by atoms with Crippen LogP contribution in [0.25, 0.3) is 0 Å². The van der Waals surface area contributed by atoms with Gasteiger partial charge in [-0.2, -0.15) is 4.98 Å². The van der Waals surface area contributed by atoms with E-state index in [9.17, 15) is 0 Å². The second kappa shape index (κ2) is 6.36. The molecule has 6 heteroatoms. The van der Waals surface area contributed by atoms with Crippen molar-refractivity contribution in [1.29, 1.82) is 0 Å². The van der Waals surface area contributed by atoms with E-state index < -0.39 is 0 Å². The van der Waals surface area contributed by atoms with Crippen LogP contribution in [0.5, 0.6) is 0 Å². The van der Waals surface area contributed by atoms with Crippen LogP contribution in [0, 0.1) is 6.92 Å². The largest absolute Gasteiger partial charge is 0.465 e. The zero-order valence-corrected chi connectivity index (χ0v) is 13.4. The van der Waals surface area contributed by atoms with Gasteiger partial charge in [0.05, 0.1) is 6.54 Å². The fourth-order valence-electron chi connectivity index (χ4n) is 2.74. The average molecular weight is 301 g/mol. The molecule has 3 rings (SSSR count). The Bertz CT molecular complexity index is 625. The minimum absolute atomic E-state index is 0.418. The molecule has 0 bridgehead atoms. The molecule has 0 spiro atoms. The first-order valence-corrected chi connectivity index (χ1v) is 7.65. The molecule has 6 nitrogen and oxygen atoms in total. The van der Waals surface area contributed by atoms with Crippen molar-refractivity contribution >= 4 is 11.8 Å². The van der Waals surface area contributed by atoms with E-state index in [1.54, 1.807) is 6.20 Å². The Morgan fingerprint density at radius 3 is 2.95 bits per heavy atom. The van der Waals surface area contributed by atoms with Gasteiger partial charge in [0, 0.05) is 39.4 Å². The lowest BCUT2D eigenvalue weighted by Crippen LogP contribution is -2.26.